The molecule has 1 fully saturated rings. The number of benzene rings is 2. The topological polar surface area (TPSA) is 29.1 Å². The third kappa shape index (κ3) is 4.03. The third-order valence-electron chi connectivity index (χ3n) is 4.94. The Labute approximate surface area is 145 Å². The molecule has 1 saturated carbocycles. The Hall–Kier alpha value is -2.30. The van der Waals surface area contributed by atoms with Crippen LogP contribution in [0.4, 0.5) is 13.2 Å². The number of rotatable bonds is 5. The summed E-state index contributed by atoms with van der Waals surface area (Å²) in [4.78, 5) is 12.2. The first-order valence-electron chi connectivity index (χ1n) is 8.37. The molecule has 132 valence electrons. The monoisotopic (exact) mass is 347 g/mol. The number of amides is 1. The largest absolute Gasteiger partial charge is 0.416 e. The van der Waals surface area contributed by atoms with E-state index < -0.39 is 11.7 Å². The van der Waals surface area contributed by atoms with Gasteiger partial charge in [-0.05, 0) is 30.0 Å². The molecule has 1 aliphatic carbocycles. The summed E-state index contributed by atoms with van der Waals surface area (Å²) in [6.07, 6.45) is -1.29. The third-order valence-corrected chi connectivity index (χ3v) is 4.94. The molecular formula is C20H20F3NO. The van der Waals surface area contributed by atoms with Gasteiger partial charge in [-0.2, -0.15) is 13.2 Å². The molecule has 2 aromatic rings. The summed E-state index contributed by atoms with van der Waals surface area (Å²) in [6, 6.07) is 15.0. The van der Waals surface area contributed by atoms with Gasteiger partial charge in [0.2, 0.25) is 5.91 Å². The first-order chi connectivity index (χ1) is 11.9. The van der Waals surface area contributed by atoms with Crippen LogP contribution in [0.15, 0.2) is 54.6 Å². The van der Waals surface area contributed by atoms with E-state index in [1.54, 1.807) is 6.07 Å². The lowest BCUT2D eigenvalue weighted by molar-refractivity contribution is -0.137. The Morgan fingerprint density at radius 3 is 2.36 bits per heavy atom. The molecule has 0 aromatic heterocycles. The highest BCUT2D eigenvalue weighted by molar-refractivity contribution is 5.78. The molecular weight excluding hydrogens is 327 g/mol. The molecule has 25 heavy (non-hydrogen) atoms. The van der Waals surface area contributed by atoms with Gasteiger partial charge < -0.3 is 5.32 Å². The number of carbonyl (C=O) groups excluding carboxylic acids is 1. The van der Waals surface area contributed by atoms with Crippen LogP contribution in [0.1, 0.15) is 36.0 Å². The molecule has 0 bridgehead atoms. The summed E-state index contributed by atoms with van der Waals surface area (Å²) in [5.41, 5.74) is 0.818. The Morgan fingerprint density at radius 1 is 1.04 bits per heavy atom. The molecule has 3 rings (SSSR count). The Balaban J connectivity index is 1.62. The van der Waals surface area contributed by atoms with Crippen molar-refractivity contribution in [2.24, 2.45) is 0 Å². The fourth-order valence-electron chi connectivity index (χ4n) is 3.34. The van der Waals surface area contributed by atoms with Crippen molar-refractivity contribution < 1.29 is 18.0 Å². The minimum Gasteiger partial charge on any atom is -0.355 e. The van der Waals surface area contributed by atoms with E-state index in [4.69, 9.17) is 0 Å². The van der Waals surface area contributed by atoms with Crippen LogP contribution in [0, 0.1) is 0 Å². The Bertz CT molecular complexity index is 736. The summed E-state index contributed by atoms with van der Waals surface area (Å²) in [7, 11) is 0. The van der Waals surface area contributed by atoms with Crippen LogP contribution in [0.2, 0.25) is 0 Å². The van der Waals surface area contributed by atoms with Crippen molar-refractivity contribution in [1.82, 2.24) is 5.32 Å². The summed E-state index contributed by atoms with van der Waals surface area (Å²) < 4.78 is 38.3. The molecule has 0 radical (unpaired) electrons. The van der Waals surface area contributed by atoms with Crippen molar-refractivity contribution in [3.05, 3.63) is 71.3 Å². The van der Waals surface area contributed by atoms with Crippen LogP contribution >= 0.6 is 0 Å². The standard InChI is InChI=1S/C20H20F3NO/c21-20(22,23)17-9-4-6-15(12-17)13-18(25)24-14-19(10-5-11-19)16-7-2-1-3-8-16/h1-4,6-9,12H,5,10-11,13-14H2,(H,24,25). The normalized spacial score (nSPS) is 16.1. The average Bonchev–Trinajstić information content (AvgIpc) is 2.54. The zero-order chi connectivity index (χ0) is 17.9. The van der Waals surface area contributed by atoms with E-state index in [1.165, 1.54) is 11.6 Å². The second-order valence-electron chi connectivity index (χ2n) is 6.65. The number of carbonyl (C=O) groups is 1. The minimum atomic E-state index is -4.39. The Morgan fingerprint density at radius 2 is 1.76 bits per heavy atom. The molecule has 0 unspecified atom stereocenters. The van der Waals surface area contributed by atoms with Crippen LogP contribution in [0.25, 0.3) is 0 Å². The molecule has 1 N–H and O–H groups in total. The van der Waals surface area contributed by atoms with Crippen molar-refractivity contribution in [1.29, 1.82) is 0 Å². The quantitative estimate of drug-likeness (QED) is 0.849. The second-order valence-corrected chi connectivity index (χ2v) is 6.65. The molecule has 0 aliphatic heterocycles. The molecule has 2 nitrogen and oxygen atoms in total. The molecule has 1 aliphatic rings. The predicted octanol–water partition coefficient (Wildman–Crippen LogP) is 4.49. The smallest absolute Gasteiger partial charge is 0.355 e. The van der Waals surface area contributed by atoms with Crippen LogP contribution < -0.4 is 5.32 Å². The molecule has 0 saturated heterocycles. The summed E-state index contributed by atoms with van der Waals surface area (Å²) in [5, 5.41) is 2.91. The van der Waals surface area contributed by atoms with Gasteiger partial charge in [0.1, 0.15) is 0 Å². The van der Waals surface area contributed by atoms with Gasteiger partial charge in [-0.25, -0.2) is 0 Å². The highest BCUT2D eigenvalue weighted by Crippen LogP contribution is 2.43. The maximum Gasteiger partial charge on any atom is 0.416 e. The zero-order valence-electron chi connectivity index (χ0n) is 13.8. The van der Waals surface area contributed by atoms with Gasteiger partial charge in [0.05, 0.1) is 12.0 Å². The zero-order valence-corrected chi connectivity index (χ0v) is 13.8. The van der Waals surface area contributed by atoms with Crippen molar-refractivity contribution in [3.63, 3.8) is 0 Å². The van der Waals surface area contributed by atoms with Gasteiger partial charge in [0, 0.05) is 12.0 Å². The fourth-order valence-corrected chi connectivity index (χ4v) is 3.34. The first-order valence-corrected chi connectivity index (χ1v) is 8.37. The summed E-state index contributed by atoms with van der Waals surface area (Å²) in [6.45, 7) is 0.523. The van der Waals surface area contributed by atoms with E-state index in [1.807, 2.05) is 18.2 Å². The van der Waals surface area contributed by atoms with Gasteiger partial charge in [0.25, 0.3) is 0 Å². The van der Waals surface area contributed by atoms with E-state index in [0.717, 1.165) is 31.4 Å². The summed E-state index contributed by atoms with van der Waals surface area (Å²) in [5.74, 6) is -0.249. The van der Waals surface area contributed by atoms with E-state index in [-0.39, 0.29) is 17.7 Å². The van der Waals surface area contributed by atoms with Crippen molar-refractivity contribution in [3.8, 4) is 0 Å². The van der Waals surface area contributed by atoms with Gasteiger partial charge >= 0.3 is 6.18 Å². The lowest BCUT2D eigenvalue weighted by Crippen LogP contribution is -2.45. The number of hydrogen-bond donors (Lipinski definition) is 1. The van der Waals surface area contributed by atoms with Crippen LogP contribution in [-0.2, 0) is 22.8 Å². The van der Waals surface area contributed by atoms with Crippen LogP contribution in [0.3, 0.4) is 0 Å². The molecule has 1 amide bonds. The van der Waals surface area contributed by atoms with E-state index in [9.17, 15) is 18.0 Å². The number of nitrogens with one attached hydrogen (secondary N) is 1. The number of alkyl halides is 3. The first kappa shape index (κ1) is 17.5. The maximum absolute atomic E-state index is 12.8. The average molecular weight is 347 g/mol. The highest BCUT2D eigenvalue weighted by atomic mass is 19.4. The molecule has 0 spiro atoms. The van der Waals surface area contributed by atoms with Crippen LogP contribution in [-0.4, -0.2) is 12.5 Å². The predicted molar refractivity (Wildman–Crippen MR) is 90.1 cm³/mol. The van der Waals surface area contributed by atoms with Gasteiger partial charge in [-0.1, -0.05) is 55.0 Å². The SMILES string of the molecule is O=C(Cc1cccc(C(F)(F)F)c1)NCC1(c2ccccc2)CCC1. The number of halogens is 3. The van der Waals surface area contributed by atoms with E-state index in [2.05, 4.69) is 17.4 Å². The molecule has 5 heteroatoms. The lowest BCUT2D eigenvalue weighted by Gasteiger charge is -2.42. The summed E-state index contributed by atoms with van der Waals surface area (Å²) >= 11 is 0. The van der Waals surface area contributed by atoms with Crippen LogP contribution in [0.5, 0.6) is 0 Å². The molecule has 2 aromatic carbocycles. The van der Waals surface area contributed by atoms with Crippen molar-refractivity contribution >= 4 is 5.91 Å². The minimum absolute atomic E-state index is 0.0370. The maximum atomic E-state index is 12.8. The second kappa shape index (κ2) is 6.90. The lowest BCUT2D eigenvalue weighted by atomic mass is 9.64. The highest BCUT2D eigenvalue weighted by Gasteiger charge is 2.38. The fraction of sp³-hybridized carbons (Fsp3) is 0.350. The van der Waals surface area contributed by atoms with Gasteiger partial charge in [-0.3, -0.25) is 4.79 Å². The van der Waals surface area contributed by atoms with Gasteiger partial charge in [-0.15, -0.1) is 0 Å². The Kier molecular flexibility index (Phi) is 4.84. The van der Waals surface area contributed by atoms with E-state index in [0.29, 0.717) is 12.1 Å². The number of hydrogen-bond acceptors (Lipinski definition) is 1. The van der Waals surface area contributed by atoms with Crippen molar-refractivity contribution in [2.45, 2.75) is 37.3 Å². The molecule has 0 heterocycles. The van der Waals surface area contributed by atoms with E-state index >= 15 is 0 Å². The van der Waals surface area contributed by atoms with Crippen molar-refractivity contribution in [2.75, 3.05) is 6.54 Å². The molecule has 0 atom stereocenters. The van der Waals surface area contributed by atoms with Gasteiger partial charge in [0.15, 0.2) is 0 Å².